The molecule has 0 aromatic heterocycles. The third kappa shape index (κ3) is 5.53. The van der Waals surface area contributed by atoms with Crippen LogP contribution >= 0.6 is 0 Å². The predicted molar refractivity (Wildman–Crippen MR) is 261 cm³/mol. The van der Waals surface area contributed by atoms with Gasteiger partial charge in [-0.25, -0.2) is 0 Å². The van der Waals surface area contributed by atoms with Crippen LogP contribution in [0.2, 0.25) is 0 Å². The van der Waals surface area contributed by atoms with Crippen LogP contribution in [0.15, 0.2) is 218 Å². The topological polar surface area (TPSA) is 0 Å². The molecule has 11 aromatic rings. The molecular formula is C61H42. The number of fused-ring (bicyclic) bond motifs is 8. The summed E-state index contributed by atoms with van der Waals surface area (Å²) >= 11 is 0. The minimum Gasteiger partial charge on any atom is -0.0622 e. The Kier molecular flexibility index (Phi) is 7.99. The molecule has 11 aromatic carbocycles. The first-order valence-electron chi connectivity index (χ1n) is 21.4. The van der Waals surface area contributed by atoms with E-state index in [2.05, 4.69) is 232 Å². The van der Waals surface area contributed by atoms with Crippen molar-refractivity contribution in [3.05, 3.63) is 230 Å². The molecule has 1 aliphatic rings. The third-order valence-corrected chi connectivity index (χ3v) is 13.4. The minimum atomic E-state index is -0.128. The maximum absolute atomic E-state index is 2.47. The maximum Gasteiger partial charge on any atom is 0.0159 e. The molecule has 0 heteroatoms. The lowest BCUT2D eigenvalue weighted by Crippen LogP contribution is -2.15. The zero-order valence-corrected chi connectivity index (χ0v) is 34.3. The zero-order chi connectivity index (χ0) is 40.7. The molecule has 1 aliphatic carbocycles. The molecule has 0 unspecified atom stereocenters. The van der Waals surface area contributed by atoms with E-state index < -0.39 is 0 Å². The third-order valence-electron chi connectivity index (χ3n) is 13.4. The maximum atomic E-state index is 2.47. The highest BCUT2D eigenvalue weighted by molar-refractivity contribution is 6.28. The quantitative estimate of drug-likeness (QED) is 0.121. The van der Waals surface area contributed by atoms with Crippen molar-refractivity contribution in [2.24, 2.45) is 0 Å². The second-order valence-electron chi connectivity index (χ2n) is 17.2. The van der Waals surface area contributed by atoms with Gasteiger partial charge in [0.25, 0.3) is 0 Å². The van der Waals surface area contributed by atoms with Crippen LogP contribution in [0.4, 0.5) is 0 Å². The summed E-state index contributed by atoms with van der Waals surface area (Å²) in [6.07, 6.45) is 0. The van der Waals surface area contributed by atoms with Crippen LogP contribution in [0.25, 0.3) is 110 Å². The Morgan fingerprint density at radius 2 is 0.787 bits per heavy atom. The highest BCUT2D eigenvalue weighted by Crippen LogP contribution is 2.53. The van der Waals surface area contributed by atoms with Gasteiger partial charge in [0.05, 0.1) is 0 Å². The van der Waals surface area contributed by atoms with Crippen molar-refractivity contribution in [1.82, 2.24) is 0 Å². The van der Waals surface area contributed by atoms with Gasteiger partial charge in [-0.1, -0.05) is 208 Å². The molecule has 0 amide bonds. The van der Waals surface area contributed by atoms with E-state index in [0.717, 1.165) is 0 Å². The van der Waals surface area contributed by atoms with E-state index in [1.807, 2.05) is 0 Å². The fraction of sp³-hybridized carbons (Fsp3) is 0.0492. The number of benzene rings is 11. The van der Waals surface area contributed by atoms with Crippen molar-refractivity contribution < 1.29 is 0 Å². The first kappa shape index (κ1) is 35.4. The van der Waals surface area contributed by atoms with E-state index in [1.54, 1.807) is 0 Å². The summed E-state index contributed by atoms with van der Waals surface area (Å²) in [7, 11) is 0. The van der Waals surface area contributed by atoms with Gasteiger partial charge >= 0.3 is 0 Å². The van der Waals surface area contributed by atoms with Crippen molar-refractivity contribution in [3.63, 3.8) is 0 Å². The van der Waals surface area contributed by atoms with Crippen LogP contribution in [0, 0.1) is 0 Å². The first-order valence-corrected chi connectivity index (χ1v) is 21.4. The van der Waals surface area contributed by atoms with Crippen molar-refractivity contribution in [3.8, 4) is 66.8 Å². The molecule has 0 N–H and O–H groups in total. The largest absolute Gasteiger partial charge is 0.0622 e. The smallest absolute Gasteiger partial charge is 0.0159 e. The molecule has 0 fully saturated rings. The molecule has 0 atom stereocenters. The average molecular weight is 775 g/mol. The van der Waals surface area contributed by atoms with Crippen LogP contribution in [0.1, 0.15) is 25.0 Å². The number of hydrogen-bond donors (Lipinski definition) is 0. The van der Waals surface area contributed by atoms with Gasteiger partial charge in [0.15, 0.2) is 0 Å². The van der Waals surface area contributed by atoms with Crippen LogP contribution < -0.4 is 0 Å². The van der Waals surface area contributed by atoms with E-state index in [1.165, 1.54) is 121 Å². The fourth-order valence-corrected chi connectivity index (χ4v) is 10.5. The molecule has 0 spiro atoms. The molecule has 0 bridgehead atoms. The summed E-state index contributed by atoms with van der Waals surface area (Å²) in [6, 6.07) is 81.3. The SMILES string of the molecule is CC1(C)c2cc(-c3ccc(-c4c5ccccc5c(-c5ccccc5-c5ccccc5)c5ccc6ccccc6c45)cc3-c3ccccc3)ccc2-c2cc3ccccc3cc21. The molecule has 0 radical (unpaired) electrons. The second-order valence-corrected chi connectivity index (χ2v) is 17.2. The van der Waals surface area contributed by atoms with Crippen LogP contribution in [-0.4, -0.2) is 0 Å². The Morgan fingerprint density at radius 3 is 1.52 bits per heavy atom. The summed E-state index contributed by atoms with van der Waals surface area (Å²) in [5.74, 6) is 0. The molecule has 0 nitrogen and oxygen atoms in total. The van der Waals surface area contributed by atoms with Gasteiger partial charge in [0, 0.05) is 5.41 Å². The molecule has 0 saturated carbocycles. The van der Waals surface area contributed by atoms with Crippen LogP contribution in [-0.2, 0) is 5.41 Å². The first-order chi connectivity index (χ1) is 30.0. The Balaban J connectivity index is 1.12. The van der Waals surface area contributed by atoms with Crippen molar-refractivity contribution >= 4 is 43.1 Å². The lowest BCUT2D eigenvalue weighted by molar-refractivity contribution is 0.661. The van der Waals surface area contributed by atoms with Gasteiger partial charge in [-0.05, 0) is 145 Å². The minimum absolute atomic E-state index is 0.128. The second kappa shape index (κ2) is 13.8. The van der Waals surface area contributed by atoms with E-state index in [9.17, 15) is 0 Å². The van der Waals surface area contributed by atoms with Gasteiger partial charge in [0.1, 0.15) is 0 Å². The fourth-order valence-electron chi connectivity index (χ4n) is 10.5. The molecule has 0 aliphatic heterocycles. The predicted octanol–water partition coefficient (Wildman–Crippen LogP) is 16.9. The zero-order valence-electron chi connectivity index (χ0n) is 34.3. The molecule has 0 heterocycles. The summed E-state index contributed by atoms with van der Waals surface area (Å²) in [5, 5.41) is 10.1. The Labute approximate surface area is 357 Å². The van der Waals surface area contributed by atoms with E-state index in [0.29, 0.717) is 0 Å². The van der Waals surface area contributed by atoms with Crippen LogP contribution in [0.3, 0.4) is 0 Å². The Hall–Kier alpha value is -7.54. The lowest BCUT2D eigenvalue weighted by Gasteiger charge is -2.23. The molecular weight excluding hydrogens is 733 g/mol. The van der Waals surface area contributed by atoms with Gasteiger partial charge in [0.2, 0.25) is 0 Å². The summed E-state index contributed by atoms with van der Waals surface area (Å²) < 4.78 is 0. The van der Waals surface area contributed by atoms with Crippen molar-refractivity contribution in [1.29, 1.82) is 0 Å². The van der Waals surface area contributed by atoms with Gasteiger partial charge in [-0.2, -0.15) is 0 Å². The monoisotopic (exact) mass is 774 g/mol. The summed E-state index contributed by atoms with van der Waals surface area (Å²) in [4.78, 5) is 0. The van der Waals surface area contributed by atoms with Gasteiger partial charge < -0.3 is 0 Å². The normalized spacial score (nSPS) is 12.9. The molecule has 286 valence electrons. The average Bonchev–Trinajstić information content (AvgIpc) is 3.54. The van der Waals surface area contributed by atoms with Crippen molar-refractivity contribution in [2.75, 3.05) is 0 Å². The Bertz CT molecular complexity index is 3530. The van der Waals surface area contributed by atoms with E-state index in [4.69, 9.17) is 0 Å². The molecule has 0 saturated heterocycles. The lowest BCUT2D eigenvalue weighted by atomic mass is 9.80. The summed E-state index contributed by atoms with van der Waals surface area (Å²) in [6.45, 7) is 4.78. The summed E-state index contributed by atoms with van der Waals surface area (Å²) in [5.41, 5.74) is 17.7. The van der Waals surface area contributed by atoms with Gasteiger partial charge in [-0.3, -0.25) is 0 Å². The highest BCUT2D eigenvalue weighted by atomic mass is 14.4. The molecule has 12 rings (SSSR count). The van der Waals surface area contributed by atoms with Crippen molar-refractivity contribution in [2.45, 2.75) is 19.3 Å². The number of rotatable bonds is 5. The molecule has 61 heavy (non-hydrogen) atoms. The van der Waals surface area contributed by atoms with Gasteiger partial charge in [-0.15, -0.1) is 0 Å². The Morgan fingerprint density at radius 1 is 0.262 bits per heavy atom. The standard InChI is InChI=1S/C61H42/c1-61(2)56-38-44(30-33-49(56)55-35-42-22-9-10-23-43(42)37-57(55)61)47-32-31-45(36-54(47)40-19-7-4-8-20-40)58-51-27-15-16-28-52(51)59(53-34-29-41-21-11-12-25-48(41)60(53)58)50-26-14-13-24-46(50)39-17-5-3-6-18-39/h3-38H,1-2H3. The van der Waals surface area contributed by atoms with E-state index in [-0.39, 0.29) is 5.41 Å². The van der Waals surface area contributed by atoms with Crippen LogP contribution in [0.5, 0.6) is 0 Å². The highest BCUT2D eigenvalue weighted by Gasteiger charge is 2.36. The van der Waals surface area contributed by atoms with E-state index >= 15 is 0 Å². The number of hydrogen-bond acceptors (Lipinski definition) is 0.